The molecule has 3 heterocycles. The van der Waals surface area contributed by atoms with Crippen molar-refractivity contribution in [3.63, 3.8) is 0 Å². The van der Waals surface area contributed by atoms with Crippen LogP contribution in [0.2, 0.25) is 0 Å². The molecular weight excluding hydrogens is 434 g/mol. The number of carbonyl (C=O) groups excluding carboxylic acids is 1. The minimum Gasteiger partial charge on any atom is -0.464 e. The molecule has 0 N–H and O–H groups in total. The Morgan fingerprint density at radius 3 is 2.37 bits per heavy atom. The van der Waals surface area contributed by atoms with Gasteiger partial charge in [-0.3, -0.25) is 4.90 Å². The number of piperidine rings is 1. The summed E-state index contributed by atoms with van der Waals surface area (Å²) in [6.45, 7) is 0.367. The van der Waals surface area contributed by atoms with E-state index in [4.69, 9.17) is 9.15 Å². The van der Waals surface area contributed by atoms with Gasteiger partial charge in [0.2, 0.25) is 0 Å². The van der Waals surface area contributed by atoms with Crippen molar-refractivity contribution in [2.45, 2.75) is 43.7 Å². The van der Waals surface area contributed by atoms with Gasteiger partial charge in [-0.2, -0.15) is 0 Å². The zero-order chi connectivity index (χ0) is 23.4. The summed E-state index contributed by atoms with van der Waals surface area (Å²) in [6, 6.07) is 25.3. The number of para-hydroxylation sites is 1. The Hall–Kier alpha value is -3.79. The van der Waals surface area contributed by atoms with Gasteiger partial charge in [-0.1, -0.05) is 72.8 Å². The Morgan fingerprint density at radius 2 is 1.60 bits per heavy atom. The van der Waals surface area contributed by atoms with E-state index in [1.54, 1.807) is 0 Å². The minimum atomic E-state index is -0.186. The molecule has 7 rings (SSSR count). The fourth-order valence-electron chi connectivity index (χ4n) is 6.41. The molecular formula is C31H27NO3. The predicted molar refractivity (Wildman–Crippen MR) is 137 cm³/mol. The smallest absolute Gasteiger partial charge is 0.410 e. The van der Waals surface area contributed by atoms with Gasteiger partial charge in [-0.15, -0.1) is 0 Å². The van der Waals surface area contributed by atoms with Crippen LogP contribution >= 0.6 is 0 Å². The second-order valence-electron chi connectivity index (χ2n) is 9.90. The zero-order valence-electron chi connectivity index (χ0n) is 19.5. The van der Waals surface area contributed by atoms with E-state index in [0.717, 1.165) is 42.2 Å². The van der Waals surface area contributed by atoms with Crippen LogP contribution in [0.25, 0.3) is 27.7 Å². The van der Waals surface area contributed by atoms with Crippen LogP contribution < -0.4 is 0 Å². The third-order valence-corrected chi connectivity index (χ3v) is 8.01. The van der Waals surface area contributed by atoms with Gasteiger partial charge in [0.05, 0.1) is 12.3 Å². The molecule has 2 bridgehead atoms. The number of nitrogens with zero attached hydrogens (tertiary/aromatic N) is 1. The summed E-state index contributed by atoms with van der Waals surface area (Å²) in [6.07, 6.45) is 7.91. The molecule has 2 atom stereocenters. The number of carbonyl (C=O) groups is 1. The molecule has 0 saturated carbocycles. The van der Waals surface area contributed by atoms with Crippen LogP contribution in [0.15, 0.2) is 89.6 Å². The lowest BCUT2D eigenvalue weighted by Gasteiger charge is -2.44. The Bertz CT molecular complexity index is 1420. The summed E-state index contributed by atoms with van der Waals surface area (Å²) in [5.74, 6) is 0.0828. The normalized spacial score (nSPS) is 20.9. The van der Waals surface area contributed by atoms with Gasteiger partial charge in [0, 0.05) is 22.9 Å². The first-order chi connectivity index (χ1) is 17.3. The van der Waals surface area contributed by atoms with Crippen molar-refractivity contribution in [2.24, 2.45) is 0 Å². The highest BCUT2D eigenvalue weighted by atomic mass is 16.6. The van der Waals surface area contributed by atoms with Crippen molar-refractivity contribution in [1.82, 2.24) is 4.90 Å². The molecule has 35 heavy (non-hydrogen) atoms. The number of amides is 1. The minimum absolute atomic E-state index is 0.0711. The van der Waals surface area contributed by atoms with Crippen LogP contribution in [-0.4, -0.2) is 29.7 Å². The van der Waals surface area contributed by atoms with Crippen LogP contribution in [0.5, 0.6) is 0 Å². The average molecular weight is 462 g/mol. The van der Waals surface area contributed by atoms with Gasteiger partial charge < -0.3 is 9.15 Å². The number of hydrogen-bond donors (Lipinski definition) is 0. The van der Waals surface area contributed by atoms with E-state index in [1.165, 1.54) is 27.8 Å². The highest BCUT2D eigenvalue weighted by molar-refractivity contribution is 5.92. The van der Waals surface area contributed by atoms with Crippen molar-refractivity contribution in [2.75, 3.05) is 6.61 Å². The monoisotopic (exact) mass is 461 g/mol. The molecule has 3 aromatic carbocycles. The third-order valence-electron chi connectivity index (χ3n) is 8.01. The second-order valence-corrected chi connectivity index (χ2v) is 9.90. The molecule has 1 aromatic heterocycles. The van der Waals surface area contributed by atoms with Gasteiger partial charge in [0.15, 0.2) is 0 Å². The Labute approximate surface area is 204 Å². The lowest BCUT2D eigenvalue weighted by atomic mass is 9.83. The Balaban J connectivity index is 1.14. The van der Waals surface area contributed by atoms with Crippen molar-refractivity contribution < 1.29 is 13.9 Å². The molecule has 1 amide bonds. The lowest BCUT2D eigenvalue weighted by molar-refractivity contribution is 0.0539. The molecule has 0 radical (unpaired) electrons. The van der Waals surface area contributed by atoms with E-state index in [2.05, 4.69) is 66.7 Å². The molecule has 1 saturated heterocycles. The van der Waals surface area contributed by atoms with E-state index in [0.29, 0.717) is 6.61 Å². The summed E-state index contributed by atoms with van der Waals surface area (Å²) < 4.78 is 11.9. The van der Waals surface area contributed by atoms with Crippen molar-refractivity contribution >= 4 is 22.6 Å². The molecule has 1 fully saturated rings. The number of ether oxygens (including phenoxy) is 1. The van der Waals surface area contributed by atoms with E-state index in [1.807, 2.05) is 23.3 Å². The molecule has 4 heteroatoms. The highest BCUT2D eigenvalue weighted by Gasteiger charge is 2.39. The Kier molecular flexibility index (Phi) is 4.80. The SMILES string of the molecule is O=C(OCC1c2ccccc2-c2ccccc21)N1C2C=C(c3coc4ccccc34)CC1CCC2. The average Bonchev–Trinajstić information content (AvgIpc) is 3.46. The maximum absolute atomic E-state index is 13.5. The molecule has 174 valence electrons. The van der Waals surface area contributed by atoms with Crippen LogP contribution in [0.1, 0.15) is 48.3 Å². The van der Waals surface area contributed by atoms with Gasteiger partial charge in [0.25, 0.3) is 0 Å². The van der Waals surface area contributed by atoms with Gasteiger partial charge in [-0.25, -0.2) is 4.79 Å². The van der Waals surface area contributed by atoms with Crippen LogP contribution in [0.3, 0.4) is 0 Å². The number of fused-ring (bicyclic) bond motifs is 6. The predicted octanol–water partition coefficient (Wildman–Crippen LogP) is 7.39. The molecule has 4 nitrogen and oxygen atoms in total. The number of furan rings is 1. The van der Waals surface area contributed by atoms with Crippen LogP contribution in [0.4, 0.5) is 4.79 Å². The maximum atomic E-state index is 13.5. The number of benzene rings is 3. The molecule has 1 aliphatic carbocycles. The van der Waals surface area contributed by atoms with Gasteiger partial charge in [0.1, 0.15) is 12.2 Å². The summed E-state index contributed by atoms with van der Waals surface area (Å²) in [5, 5.41) is 1.14. The summed E-state index contributed by atoms with van der Waals surface area (Å²) >= 11 is 0. The second kappa shape index (κ2) is 8.16. The molecule has 3 aliphatic rings. The number of hydrogen-bond acceptors (Lipinski definition) is 3. The fraction of sp³-hybridized carbons (Fsp3) is 0.258. The third kappa shape index (κ3) is 3.31. The van der Waals surface area contributed by atoms with E-state index >= 15 is 0 Å². The van der Waals surface area contributed by atoms with Crippen LogP contribution in [-0.2, 0) is 4.74 Å². The molecule has 2 aliphatic heterocycles. The lowest BCUT2D eigenvalue weighted by Crippen LogP contribution is -2.51. The van der Waals surface area contributed by atoms with Crippen molar-refractivity contribution in [1.29, 1.82) is 0 Å². The first-order valence-electron chi connectivity index (χ1n) is 12.6. The quantitative estimate of drug-likeness (QED) is 0.319. The van der Waals surface area contributed by atoms with Crippen molar-refractivity contribution in [3.05, 3.63) is 102 Å². The first-order valence-corrected chi connectivity index (χ1v) is 12.6. The maximum Gasteiger partial charge on any atom is 0.410 e. The van der Waals surface area contributed by atoms with E-state index in [9.17, 15) is 4.79 Å². The fourth-order valence-corrected chi connectivity index (χ4v) is 6.41. The van der Waals surface area contributed by atoms with Crippen LogP contribution in [0, 0.1) is 0 Å². The van der Waals surface area contributed by atoms with Crippen molar-refractivity contribution in [3.8, 4) is 11.1 Å². The molecule has 4 aromatic rings. The summed E-state index contributed by atoms with van der Waals surface area (Å²) in [4.78, 5) is 15.5. The summed E-state index contributed by atoms with van der Waals surface area (Å²) in [5.41, 5.74) is 8.34. The van der Waals surface area contributed by atoms with Gasteiger partial charge in [-0.05, 0) is 59.6 Å². The summed E-state index contributed by atoms with van der Waals surface area (Å²) in [7, 11) is 0. The van der Waals surface area contributed by atoms with E-state index < -0.39 is 0 Å². The largest absolute Gasteiger partial charge is 0.464 e. The zero-order valence-corrected chi connectivity index (χ0v) is 19.5. The van der Waals surface area contributed by atoms with E-state index in [-0.39, 0.29) is 24.1 Å². The molecule has 2 unspecified atom stereocenters. The topological polar surface area (TPSA) is 42.7 Å². The standard InChI is InChI=1S/C31H27NO3/c33-31(35-19-29-25-12-3-1-10-23(25)24-11-2-4-13-26(24)29)32-21-8-7-9-22(32)17-20(16-21)28-18-34-30-15-6-5-14-27(28)30/h1-6,10-16,18,21-22,29H,7-9,17,19H2. The van der Waals surface area contributed by atoms with Gasteiger partial charge >= 0.3 is 6.09 Å². The number of rotatable bonds is 3. The highest BCUT2D eigenvalue weighted by Crippen LogP contribution is 2.45. The first kappa shape index (κ1) is 20.6. The molecule has 0 spiro atoms. The Morgan fingerprint density at radius 1 is 0.886 bits per heavy atom.